The summed E-state index contributed by atoms with van der Waals surface area (Å²) in [6.45, 7) is 1.81. The second-order valence-electron chi connectivity index (χ2n) is 7.07. The zero-order valence-electron chi connectivity index (χ0n) is 15.3. The van der Waals surface area contributed by atoms with E-state index in [1.165, 1.54) is 17.7 Å². The number of piperidine rings is 1. The van der Waals surface area contributed by atoms with E-state index in [1.54, 1.807) is 23.0 Å². The summed E-state index contributed by atoms with van der Waals surface area (Å²) < 4.78 is 14.6. The Kier molecular flexibility index (Phi) is 5.39. The minimum absolute atomic E-state index is 0.107. The van der Waals surface area contributed by atoms with Gasteiger partial charge in [0, 0.05) is 24.0 Å². The fourth-order valence-electron chi connectivity index (χ4n) is 3.58. The summed E-state index contributed by atoms with van der Waals surface area (Å²) >= 11 is 5.98. The monoisotopic (exact) mass is 398 g/mol. The van der Waals surface area contributed by atoms with Crippen LogP contribution < -0.4 is 0 Å². The van der Waals surface area contributed by atoms with Crippen LogP contribution in [0.4, 0.5) is 4.39 Å². The lowest BCUT2D eigenvalue weighted by atomic mass is 9.90. The molecule has 1 fully saturated rings. The highest BCUT2D eigenvalue weighted by Crippen LogP contribution is 2.28. The van der Waals surface area contributed by atoms with Crippen molar-refractivity contribution in [3.63, 3.8) is 0 Å². The molecule has 1 aliphatic heterocycles. The minimum atomic E-state index is -0.279. The number of amides is 1. The van der Waals surface area contributed by atoms with Crippen LogP contribution in [-0.4, -0.2) is 38.9 Å². The molecule has 1 aromatic heterocycles. The Balaban J connectivity index is 1.43. The Morgan fingerprint density at radius 3 is 2.64 bits per heavy atom. The molecule has 28 heavy (non-hydrogen) atoms. The average molecular weight is 399 g/mol. The fourth-order valence-corrected chi connectivity index (χ4v) is 3.71. The number of rotatable bonds is 4. The lowest BCUT2D eigenvalue weighted by Gasteiger charge is -2.32. The number of benzene rings is 2. The van der Waals surface area contributed by atoms with Gasteiger partial charge in [-0.1, -0.05) is 41.1 Å². The van der Waals surface area contributed by atoms with Gasteiger partial charge in [-0.15, -0.1) is 5.10 Å². The summed E-state index contributed by atoms with van der Waals surface area (Å²) in [5.41, 5.74) is 2.42. The molecular weight excluding hydrogens is 379 g/mol. The van der Waals surface area contributed by atoms with Crippen LogP contribution in [0.2, 0.25) is 5.02 Å². The first-order valence-corrected chi connectivity index (χ1v) is 9.65. The molecule has 0 radical (unpaired) electrons. The van der Waals surface area contributed by atoms with Crippen LogP contribution in [-0.2, 0) is 6.54 Å². The van der Waals surface area contributed by atoms with Crippen molar-refractivity contribution in [2.75, 3.05) is 13.1 Å². The highest BCUT2D eigenvalue weighted by molar-refractivity contribution is 6.30. The van der Waals surface area contributed by atoms with Crippen molar-refractivity contribution in [3.8, 4) is 0 Å². The van der Waals surface area contributed by atoms with Gasteiger partial charge in [0.25, 0.3) is 5.91 Å². The van der Waals surface area contributed by atoms with Gasteiger partial charge in [-0.25, -0.2) is 9.07 Å². The quantitative estimate of drug-likeness (QED) is 0.663. The van der Waals surface area contributed by atoms with E-state index >= 15 is 0 Å². The lowest BCUT2D eigenvalue weighted by Crippen LogP contribution is -2.39. The van der Waals surface area contributed by atoms with Crippen molar-refractivity contribution in [1.82, 2.24) is 19.9 Å². The van der Waals surface area contributed by atoms with Gasteiger partial charge in [0.1, 0.15) is 5.82 Å². The SMILES string of the molecule is O=C(c1cn(Cc2ccc(F)cc2)nn1)N1CCC[C@H](c2ccc(Cl)cc2)C1. The van der Waals surface area contributed by atoms with Crippen molar-refractivity contribution in [2.24, 2.45) is 0 Å². The van der Waals surface area contributed by atoms with Crippen LogP contribution in [0.3, 0.4) is 0 Å². The third kappa shape index (κ3) is 4.22. The Labute approximate surface area is 167 Å². The predicted octanol–water partition coefficient (Wildman–Crippen LogP) is 4.14. The second-order valence-corrected chi connectivity index (χ2v) is 7.51. The molecule has 0 N–H and O–H groups in total. The van der Waals surface area contributed by atoms with Crippen LogP contribution >= 0.6 is 11.6 Å². The smallest absolute Gasteiger partial charge is 0.276 e. The summed E-state index contributed by atoms with van der Waals surface area (Å²) in [4.78, 5) is 14.7. The summed E-state index contributed by atoms with van der Waals surface area (Å²) in [6.07, 6.45) is 3.64. The van der Waals surface area contributed by atoms with Crippen molar-refractivity contribution in [1.29, 1.82) is 0 Å². The van der Waals surface area contributed by atoms with E-state index in [4.69, 9.17) is 11.6 Å². The Morgan fingerprint density at radius 1 is 1.14 bits per heavy atom. The number of carbonyl (C=O) groups excluding carboxylic acids is 1. The molecule has 4 rings (SSSR count). The van der Waals surface area contributed by atoms with Crippen LogP contribution in [0.1, 0.15) is 40.4 Å². The third-order valence-electron chi connectivity index (χ3n) is 5.07. The molecule has 0 spiro atoms. The van der Waals surface area contributed by atoms with Crippen LogP contribution in [0.25, 0.3) is 0 Å². The molecule has 1 aliphatic rings. The van der Waals surface area contributed by atoms with Gasteiger partial charge in [0.15, 0.2) is 5.69 Å². The Morgan fingerprint density at radius 2 is 1.89 bits per heavy atom. The summed E-state index contributed by atoms with van der Waals surface area (Å²) in [5, 5.41) is 8.81. The highest BCUT2D eigenvalue weighted by atomic mass is 35.5. The lowest BCUT2D eigenvalue weighted by molar-refractivity contribution is 0.0701. The number of halogens is 2. The number of likely N-dealkylation sites (tertiary alicyclic amines) is 1. The number of aromatic nitrogens is 3. The second kappa shape index (κ2) is 8.10. The van der Waals surface area contributed by atoms with Gasteiger partial charge in [0.2, 0.25) is 0 Å². The molecule has 0 aliphatic carbocycles. The van der Waals surface area contributed by atoms with E-state index in [1.807, 2.05) is 29.2 Å². The van der Waals surface area contributed by atoms with E-state index in [-0.39, 0.29) is 11.7 Å². The minimum Gasteiger partial charge on any atom is -0.337 e. The number of hydrogen-bond donors (Lipinski definition) is 0. The van der Waals surface area contributed by atoms with Gasteiger partial charge in [-0.3, -0.25) is 4.79 Å². The first-order valence-electron chi connectivity index (χ1n) is 9.28. The average Bonchev–Trinajstić information content (AvgIpc) is 3.18. The molecule has 7 heteroatoms. The van der Waals surface area contributed by atoms with Crippen molar-refractivity contribution in [3.05, 3.63) is 82.4 Å². The van der Waals surface area contributed by atoms with Gasteiger partial charge in [-0.05, 0) is 48.2 Å². The molecule has 0 bridgehead atoms. The van der Waals surface area contributed by atoms with Gasteiger partial charge in [0.05, 0.1) is 12.7 Å². The van der Waals surface area contributed by atoms with E-state index in [9.17, 15) is 9.18 Å². The molecule has 2 heterocycles. The predicted molar refractivity (Wildman–Crippen MR) is 105 cm³/mol. The van der Waals surface area contributed by atoms with Crippen LogP contribution in [0.5, 0.6) is 0 Å². The molecule has 1 amide bonds. The highest BCUT2D eigenvalue weighted by Gasteiger charge is 2.27. The molecule has 1 atom stereocenters. The molecular formula is C21H20ClFN4O. The fraction of sp³-hybridized carbons (Fsp3) is 0.286. The third-order valence-corrected chi connectivity index (χ3v) is 5.32. The van der Waals surface area contributed by atoms with Crippen molar-refractivity contribution in [2.45, 2.75) is 25.3 Å². The first-order chi connectivity index (χ1) is 13.6. The first kappa shape index (κ1) is 18.6. The summed E-state index contributed by atoms with van der Waals surface area (Å²) in [6, 6.07) is 14.0. The van der Waals surface area contributed by atoms with Gasteiger partial charge >= 0.3 is 0 Å². The Bertz CT molecular complexity index is 955. The maximum Gasteiger partial charge on any atom is 0.276 e. The maximum absolute atomic E-state index is 13.0. The van der Waals surface area contributed by atoms with E-state index < -0.39 is 0 Å². The number of nitrogens with zero attached hydrogens (tertiary/aromatic N) is 4. The van der Waals surface area contributed by atoms with Crippen LogP contribution in [0.15, 0.2) is 54.7 Å². The molecule has 144 valence electrons. The van der Waals surface area contributed by atoms with Gasteiger partial charge in [-0.2, -0.15) is 0 Å². The zero-order chi connectivity index (χ0) is 19.5. The standard InChI is InChI=1S/C21H20ClFN4O/c22-18-7-5-16(6-8-18)17-2-1-11-26(13-17)21(28)20-14-27(25-24-20)12-15-3-9-19(23)10-4-15/h3-10,14,17H,1-2,11-13H2/t17-/m0/s1. The van der Waals surface area contributed by atoms with Crippen LogP contribution in [0, 0.1) is 5.82 Å². The maximum atomic E-state index is 13.0. The van der Waals surface area contributed by atoms with Crippen molar-refractivity contribution >= 4 is 17.5 Å². The van der Waals surface area contributed by atoms with Crippen molar-refractivity contribution < 1.29 is 9.18 Å². The number of hydrogen-bond acceptors (Lipinski definition) is 3. The van der Waals surface area contributed by atoms with E-state index in [0.717, 1.165) is 18.4 Å². The Hall–Kier alpha value is -2.73. The number of carbonyl (C=O) groups is 1. The molecule has 1 saturated heterocycles. The largest absolute Gasteiger partial charge is 0.337 e. The molecule has 5 nitrogen and oxygen atoms in total. The van der Waals surface area contributed by atoms with E-state index in [0.29, 0.717) is 36.3 Å². The molecule has 2 aromatic carbocycles. The van der Waals surface area contributed by atoms with Gasteiger partial charge < -0.3 is 4.90 Å². The zero-order valence-corrected chi connectivity index (χ0v) is 16.0. The summed E-state index contributed by atoms with van der Waals surface area (Å²) in [7, 11) is 0. The summed E-state index contributed by atoms with van der Waals surface area (Å²) in [5.74, 6) is -0.0909. The molecule has 0 saturated carbocycles. The molecule has 3 aromatic rings. The normalized spacial score (nSPS) is 16.9. The van der Waals surface area contributed by atoms with E-state index in [2.05, 4.69) is 10.3 Å². The topological polar surface area (TPSA) is 51.0 Å². The molecule has 0 unspecified atom stereocenters.